The van der Waals surface area contributed by atoms with Crippen molar-refractivity contribution in [2.45, 2.75) is 13.8 Å². The molecule has 0 saturated heterocycles. The number of fused-ring (bicyclic) bond motifs is 1. The van der Waals surface area contributed by atoms with E-state index in [9.17, 15) is 9.59 Å². The van der Waals surface area contributed by atoms with Crippen molar-refractivity contribution in [2.75, 3.05) is 25.7 Å². The molecule has 1 aromatic heterocycles. The Morgan fingerprint density at radius 3 is 2.69 bits per heavy atom. The van der Waals surface area contributed by atoms with Crippen LogP contribution in [-0.2, 0) is 4.79 Å². The van der Waals surface area contributed by atoms with Crippen molar-refractivity contribution >= 4 is 29.3 Å². The first-order valence-electron chi connectivity index (χ1n) is 8.40. The predicted molar refractivity (Wildman–Crippen MR) is 102 cm³/mol. The molecule has 7 nitrogen and oxygen atoms in total. The van der Waals surface area contributed by atoms with Crippen molar-refractivity contribution in [3.8, 4) is 0 Å². The van der Waals surface area contributed by atoms with E-state index in [1.54, 1.807) is 25.2 Å². The van der Waals surface area contributed by atoms with Crippen LogP contribution in [0.15, 0.2) is 30.3 Å². The summed E-state index contributed by atoms with van der Waals surface area (Å²) in [7, 11) is 3.55. The second-order valence-electron chi connectivity index (χ2n) is 6.33. The van der Waals surface area contributed by atoms with Gasteiger partial charge in [0, 0.05) is 24.0 Å². The van der Waals surface area contributed by atoms with E-state index in [1.807, 2.05) is 44.2 Å². The molecule has 3 N–H and O–H groups in total. The van der Waals surface area contributed by atoms with Gasteiger partial charge in [-0.15, -0.1) is 0 Å². The van der Waals surface area contributed by atoms with Crippen molar-refractivity contribution in [1.82, 2.24) is 20.7 Å². The van der Waals surface area contributed by atoms with Crippen molar-refractivity contribution in [3.63, 3.8) is 0 Å². The summed E-state index contributed by atoms with van der Waals surface area (Å²) >= 11 is 0. The van der Waals surface area contributed by atoms with Crippen LogP contribution in [0.2, 0.25) is 0 Å². The average Bonchev–Trinajstić information content (AvgIpc) is 3.09. The number of para-hydroxylation sites is 1. The van der Waals surface area contributed by atoms with Gasteiger partial charge in [-0.2, -0.15) is 0 Å². The summed E-state index contributed by atoms with van der Waals surface area (Å²) < 4.78 is 0. The highest BCUT2D eigenvalue weighted by Gasteiger charge is 2.36. The fourth-order valence-corrected chi connectivity index (χ4v) is 2.97. The zero-order chi connectivity index (χ0) is 18.8. The van der Waals surface area contributed by atoms with Crippen LogP contribution in [0.1, 0.15) is 22.5 Å². The van der Waals surface area contributed by atoms with Crippen molar-refractivity contribution in [1.29, 1.82) is 0 Å². The predicted octanol–water partition coefficient (Wildman–Crippen LogP) is 2.25. The number of nitrogens with one attached hydrogen (secondary N) is 3. The Morgan fingerprint density at radius 1 is 1.31 bits per heavy atom. The first kappa shape index (κ1) is 17.9. The van der Waals surface area contributed by atoms with Crippen molar-refractivity contribution in [3.05, 3.63) is 52.8 Å². The van der Waals surface area contributed by atoms with Gasteiger partial charge in [0.25, 0.3) is 5.91 Å². The van der Waals surface area contributed by atoms with E-state index in [0.29, 0.717) is 11.3 Å². The van der Waals surface area contributed by atoms with Crippen LogP contribution in [-0.4, -0.2) is 42.7 Å². The second kappa shape index (κ2) is 7.15. The number of amides is 3. The number of aromatic nitrogens is 1. The summed E-state index contributed by atoms with van der Waals surface area (Å²) in [6.45, 7) is 4.23. The Balaban J connectivity index is 1.96. The molecule has 3 rings (SSSR count). The molecule has 2 heterocycles. The lowest BCUT2D eigenvalue weighted by atomic mass is 10.1. The first-order chi connectivity index (χ1) is 12.4. The molecule has 0 unspecified atom stereocenters. The van der Waals surface area contributed by atoms with Crippen LogP contribution in [0.3, 0.4) is 0 Å². The van der Waals surface area contributed by atoms with E-state index in [-0.39, 0.29) is 12.6 Å². The number of urea groups is 1. The topological polar surface area (TPSA) is 80.5 Å². The second-order valence-corrected chi connectivity index (χ2v) is 6.33. The highest BCUT2D eigenvalue weighted by molar-refractivity contribution is 6.41. The molecule has 0 radical (unpaired) electrons. The van der Waals surface area contributed by atoms with Gasteiger partial charge in [0.05, 0.1) is 17.9 Å². The maximum Gasteiger partial charge on any atom is 0.330 e. The maximum atomic E-state index is 13.0. The number of carbonyl (C=O) groups is 2. The van der Waals surface area contributed by atoms with Crippen LogP contribution in [0, 0.1) is 13.8 Å². The van der Waals surface area contributed by atoms with Gasteiger partial charge in [0.15, 0.2) is 0 Å². The van der Waals surface area contributed by atoms with E-state index in [2.05, 4.69) is 15.7 Å². The highest BCUT2D eigenvalue weighted by atomic mass is 16.2. The summed E-state index contributed by atoms with van der Waals surface area (Å²) in [6, 6.07) is 8.89. The minimum absolute atomic E-state index is 0.273. The summed E-state index contributed by atoms with van der Waals surface area (Å²) in [5.41, 5.74) is 7.69. The van der Waals surface area contributed by atoms with Crippen LogP contribution in [0.5, 0.6) is 0 Å². The fourth-order valence-electron chi connectivity index (χ4n) is 2.97. The number of hydrazine groups is 1. The number of imide groups is 1. The lowest BCUT2D eigenvalue weighted by Gasteiger charge is -2.20. The monoisotopic (exact) mass is 353 g/mol. The van der Waals surface area contributed by atoms with Gasteiger partial charge in [-0.25, -0.2) is 14.7 Å². The quantitative estimate of drug-likeness (QED) is 0.447. The Kier molecular flexibility index (Phi) is 4.92. The number of hydrogen-bond donors (Lipinski definition) is 3. The molecule has 0 saturated carbocycles. The molecule has 0 fully saturated rings. The number of anilines is 1. The number of carbonyl (C=O) groups excluding carboxylic acids is 2. The van der Waals surface area contributed by atoms with E-state index in [4.69, 9.17) is 0 Å². The number of benzene rings is 1. The summed E-state index contributed by atoms with van der Waals surface area (Å²) in [5, 5.41) is 4.44. The third-order valence-corrected chi connectivity index (χ3v) is 4.40. The zero-order valence-electron chi connectivity index (χ0n) is 15.4. The normalized spacial score (nSPS) is 15.0. The lowest BCUT2D eigenvalue weighted by Crippen LogP contribution is -2.47. The number of aromatic amines is 1. The number of nitrogens with zero attached hydrogens (tertiary/aromatic N) is 2. The van der Waals surface area contributed by atoms with Gasteiger partial charge < -0.3 is 10.3 Å². The van der Waals surface area contributed by atoms with Gasteiger partial charge in [0.2, 0.25) is 0 Å². The molecule has 7 heteroatoms. The maximum absolute atomic E-state index is 13.0. The molecular weight excluding hydrogens is 330 g/mol. The molecule has 2 aromatic rings. The molecule has 1 aromatic carbocycles. The Morgan fingerprint density at radius 2 is 2.04 bits per heavy atom. The Bertz CT molecular complexity index is 884. The fraction of sp³-hybridized carbons (Fsp3) is 0.263. The van der Waals surface area contributed by atoms with Gasteiger partial charge in [-0.05, 0) is 44.7 Å². The van der Waals surface area contributed by atoms with Crippen molar-refractivity contribution in [2.24, 2.45) is 0 Å². The molecule has 1 aliphatic rings. The van der Waals surface area contributed by atoms with Crippen LogP contribution in [0.4, 0.5) is 10.5 Å². The van der Waals surface area contributed by atoms with Gasteiger partial charge >= 0.3 is 6.03 Å². The Hall–Kier alpha value is -2.90. The minimum Gasteiger partial charge on any atom is -0.359 e. The SMILES string of the molecule is CNN(C)CNC(=O)N1C(=O)/C(=C\c2[nH]c(C)cc2C)c2ccccc21. The molecule has 26 heavy (non-hydrogen) atoms. The van der Waals surface area contributed by atoms with E-state index in [1.165, 1.54) is 4.90 Å². The lowest BCUT2D eigenvalue weighted by molar-refractivity contribution is -0.112. The summed E-state index contributed by atoms with van der Waals surface area (Å²) in [5.74, 6) is -0.331. The third-order valence-electron chi connectivity index (χ3n) is 4.40. The molecule has 0 spiro atoms. The number of aryl methyl sites for hydroxylation is 2. The molecule has 0 atom stereocenters. The van der Waals surface area contributed by atoms with E-state index in [0.717, 1.165) is 22.5 Å². The van der Waals surface area contributed by atoms with Gasteiger partial charge in [0.1, 0.15) is 0 Å². The largest absolute Gasteiger partial charge is 0.359 e. The zero-order valence-corrected chi connectivity index (χ0v) is 15.4. The van der Waals surface area contributed by atoms with E-state index < -0.39 is 6.03 Å². The molecular formula is C19H23N5O2. The van der Waals surface area contributed by atoms with Crippen LogP contribution in [0.25, 0.3) is 11.6 Å². The first-order valence-corrected chi connectivity index (χ1v) is 8.40. The number of hydrogen-bond acceptors (Lipinski definition) is 4. The summed E-state index contributed by atoms with van der Waals surface area (Å²) in [4.78, 5) is 30.0. The van der Waals surface area contributed by atoms with Gasteiger partial charge in [-0.3, -0.25) is 10.2 Å². The molecule has 1 aliphatic heterocycles. The molecule has 0 bridgehead atoms. The van der Waals surface area contributed by atoms with Gasteiger partial charge in [-0.1, -0.05) is 18.2 Å². The van der Waals surface area contributed by atoms with Crippen LogP contribution >= 0.6 is 0 Å². The van der Waals surface area contributed by atoms with E-state index >= 15 is 0 Å². The minimum atomic E-state index is -0.452. The smallest absolute Gasteiger partial charge is 0.330 e. The molecule has 3 amide bonds. The molecule has 0 aliphatic carbocycles. The standard InChI is InChI=1S/C19H23N5O2/c1-12-9-13(2)22-16(12)10-15-14-7-5-6-8-17(14)24(18(15)25)19(26)21-11-23(4)20-3/h5-10,20,22H,11H2,1-4H3,(H,21,26)/b15-10-. The number of rotatable bonds is 4. The average molecular weight is 353 g/mol. The molecule has 136 valence electrons. The van der Waals surface area contributed by atoms with Crippen LogP contribution < -0.4 is 15.6 Å². The highest BCUT2D eigenvalue weighted by Crippen LogP contribution is 2.37. The van der Waals surface area contributed by atoms with Crippen molar-refractivity contribution < 1.29 is 9.59 Å². The third kappa shape index (κ3) is 3.26. The Labute approximate surface area is 152 Å². The number of H-pyrrole nitrogens is 1. The summed E-state index contributed by atoms with van der Waals surface area (Å²) in [6.07, 6.45) is 1.82.